The lowest BCUT2D eigenvalue weighted by Gasteiger charge is -2.27. The topological polar surface area (TPSA) is 53.9 Å². The Morgan fingerprint density at radius 3 is 2.45 bits per heavy atom. The van der Waals surface area contributed by atoms with Crippen LogP contribution in [-0.4, -0.2) is 26.0 Å². The van der Waals surface area contributed by atoms with Crippen molar-refractivity contribution in [3.05, 3.63) is 105 Å². The second kappa shape index (κ2) is 8.00. The molecule has 2 aromatic heterocycles. The minimum absolute atomic E-state index is 0.0247. The number of fused-ring (bicyclic) bond motifs is 1. The van der Waals surface area contributed by atoms with E-state index in [1.54, 1.807) is 0 Å². The maximum atomic E-state index is 12.8. The molecule has 4 aromatic rings. The summed E-state index contributed by atoms with van der Waals surface area (Å²) in [7, 11) is 0. The van der Waals surface area contributed by atoms with Crippen LogP contribution in [0.15, 0.2) is 71.5 Å². The molecule has 1 aliphatic rings. The molecule has 0 bridgehead atoms. The molecule has 0 spiro atoms. The van der Waals surface area contributed by atoms with Gasteiger partial charge >= 0.3 is 0 Å². The van der Waals surface area contributed by atoms with E-state index in [0.717, 1.165) is 36.3 Å². The van der Waals surface area contributed by atoms with Crippen LogP contribution in [0.3, 0.4) is 0 Å². The number of para-hydroxylation sites is 1. The van der Waals surface area contributed by atoms with Crippen LogP contribution in [0, 0.1) is 13.8 Å². The average Bonchev–Trinajstić information content (AvgIpc) is 3.08. The molecule has 0 aliphatic carbocycles. The SMILES string of the molecule is Cc1cc(CN2CCc3nc(-c4ccccc4)[nH]c(=O)c3C2)c(C)n1-c1ccccc1. The Morgan fingerprint density at radius 2 is 1.71 bits per heavy atom. The number of nitrogens with zero attached hydrogens (tertiary/aromatic N) is 3. The molecule has 0 saturated heterocycles. The quantitative estimate of drug-likeness (QED) is 0.542. The third kappa shape index (κ3) is 3.73. The molecule has 0 radical (unpaired) electrons. The molecule has 0 saturated carbocycles. The molecule has 31 heavy (non-hydrogen) atoms. The van der Waals surface area contributed by atoms with Crippen molar-refractivity contribution in [1.82, 2.24) is 19.4 Å². The van der Waals surface area contributed by atoms with E-state index in [4.69, 9.17) is 4.98 Å². The van der Waals surface area contributed by atoms with E-state index in [2.05, 4.69) is 58.6 Å². The standard InChI is InChI=1S/C26H26N4O/c1-18-15-21(19(2)30(18)22-11-7-4-8-12-22)16-29-14-13-24-23(17-29)26(31)28-25(27-24)20-9-5-3-6-10-20/h3-12,15H,13-14,16-17H2,1-2H3,(H,27,28,31). The van der Waals surface area contributed by atoms with Crippen molar-refractivity contribution in [2.75, 3.05) is 6.54 Å². The molecule has 5 rings (SSSR count). The zero-order valence-corrected chi connectivity index (χ0v) is 17.9. The number of aromatic amines is 1. The molecular weight excluding hydrogens is 384 g/mol. The van der Waals surface area contributed by atoms with E-state index in [1.165, 1.54) is 22.6 Å². The van der Waals surface area contributed by atoms with Gasteiger partial charge in [-0.3, -0.25) is 9.69 Å². The smallest absolute Gasteiger partial charge is 0.255 e. The van der Waals surface area contributed by atoms with Crippen LogP contribution in [0.1, 0.15) is 28.2 Å². The normalized spacial score (nSPS) is 13.9. The molecular formula is C26H26N4O. The Morgan fingerprint density at radius 1 is 1.00 bits per heavy atom. The third-order valence-electron chi connectivity index (χ3n) is 6.14. The number of aromatic nitrogens is 3. The molecule has 0 fully saturated rings. The Bertz CT molecular complexity index is 1270. The molecule has 0 amide bonds. The first-order valence-electron chi connectivity index (χ1n) is 10.7. The van der Waals surface area contributed by atoms with Gasteiger partial charge in [0.05, 0.1) is 11.3 Å². The van der Waals surface area contributed by atoms with Crippen molar-refractivity contribution < 1.29 is 0 Å². The van der Waals surface area contributed by atoms with Crippen LogP contribution in [-0.2, 0) is 19.5 Å². The van der Waals surface area contributed by atoms with E-state index in [0.29, 0.717) is 12.4 Å². The first kappa shape index (κ1) is 19.5. The second-order valence-electron chi connectivity index (χ2n) is 8.23. The lowest BCUT2D eigenvalue weighted by Crippen LogP contribution is -2.35. The number of aryl methyl sites for hydroxylation is 1. The largest absolute Gasteiger partial charge is 0.318 e. The number of nitrogens with one attached hydrogen (secondary N) is 1. The number of hydrogen-bond acceptors (Lipinski definition) is 3. The van der Waals surface area contributed by atoms with Gasteiger partial charge in [0.25, 0.3) is 5.56 Å². The monoisotopic (exact) mass is 410 g/mol. The number of rotatable bonds is 4. The molecule has 0 unspecified atom stereocenters. The maximum absolute atomic E-state index is 12.8. The van der Waals surface area contributed by atoms with Gasteiger partial charge in [0.1, 0.15) is 5.82 Å². The van der Waals surface area contributed by atoms with Crippen molar-refractivity contribution in [2.45, 2.75) is 33.4 Å². The van der Waals surface area contributed by atoms with E-state index in [9.17, 15) is 4.79 Å². The fourth-order valence-corrected chi connectivity index (χ4v) is 4.55. The third-order valence-corrected chi connectivity index (χ3v) is 6.14. The van der Waals surface area contributed by atoms with Crippen LogP contribution in [0.5, 0.6) is 0 Å². The van der Waals surface area contributed by atoms with Gasteiger partial charge in [-0.2, -0.15) is 0 Å². The fourth-order valence-electron chi connectivity index (χ4n) is 4.55. The highest BCUT2D eigenvalue weighted by Crippen LogP contribution is 2.24. The predicted molar refractivity (Wildman–Crippen MR) is 123 cm³/mol. The van der Waals surface area contributed by atoms with Crippen molar-refractivity contribution in [3.63, 3.8) is 0 Å². The highest BCUT2D eigenvalue weighted by molar-refractivity contribution is 5.54. The van der Waals surface area contributed by atoms with Gasteiger partial charge in [0, 0.05) is 48.7 Å². The highest BCUT2D eigenvalue weighted by Gasteiger charge is 2.23. The molecule has 5 nitrogen and oxygen atoms in total. The summed E-state index contributed by atoms with van der Waals surface area (Å²) in [4.78, 5) is 22.9. The zero-order valence-electron chi connectivity index (χ0n) is 17.9. The van der Waals surface area contributed by atoms with E-state index < -0.39 is 0 Å². The maximum Gasteiger partial charge on any atom is 0.255 e. The summed E-state index contributed by atoms with van der Waals surface area (Å²) in [6.45, 7) is 6.67. The zero-order chi connectivity index (χ0) is 21.4. The first-order valence-corrected chi connectivity index (χ1v) is 10.7. The Hall–Kier alpha value is -3.44. The van der Waals surface area contributed by atoms with Crippen LogP contribution in [0.2, 0.25) is 0 Å². The van der Waals surface area contributed by atoms with Gasteiger partial charge in [0.15, 0.2) is 0 Å². The van der Waals surface area contributed by atoms with Crippen molar-refractivity contribution in [2.24, 2.45) is 0 Å². The van der Waals surface area contributed by atoms with Crippen LogP contribution >= 0.6 is 0 Å². The minimum Gasteiger partial charge on any atom is -0.318 e. The van der Waals surface area contributed by atoms with Crippen LogP contribution in [0.25, 0.3) is 17.1 Å². The van der Waals surface area contributed by atoms with Gasteiger partial charge in [-0.15, -0.1) is 0 Å². The number of benzene rings is 2. The summed E-state index contributed by atoms with van der Waals surface area (Å²) in [6.07, 6.45) is 0.788. The highest BCUT2D eigenvalue weighted by atomic mass is 16.1. The van der Waals surface area contributed by atoms with Gasteiger partial charge in [0.2, 0.25) is 0 Å². The van der Waals surface area contributed by atoms with Crippen molar-refractivity contribution in [1.29, 1.82) is 0 Å². The van der Waals surface area contributed by atoms with Crippen molar-refractivity contribution in [3.8, 4) is 17.1 Å². The van der Waals surface area contributed by atoms with Gasteiger partial charge in [-0.25, -0.2) is 4.98 Å². The van der Waals surface area contributed by atoms with Gasteiger partial charge < -0.3 is 9.55 Å². The van der Waals surface area contributed by atoms with Crippen LogP contribution in [0.4, 0.5) is 0 Å². The first-order chi connectivity index (χ1) is 15.1. The van der Waals surface area contributed by atoms with E-state index >= 15 is 0 Å². The lowest BCUT2D eigenvalue weighted by molar-refractivity contribution is 0.241. The van der Waals surface area contributed by atoms with Crippen LogP contribution < -0.4 is 5.56 Å². The number of hydrogen-bond donors (Lipinski definition) is 1. The summed E-state index contributed by atoms with van der Waals surface area (Å²) < 4.78 is 2.30. The molecule has 5 heteroatoms. The fraction of sp³-hybridized carbons (Fsp3) is 0.231. The lowest BCUT2D eigenvalue weighted by atomic mass is 10.1. The Balaban J connectivity index is 1.39. The summed E-state index contributed by atoms with van der Waals surface area (Å²) in [5, 5.41) is 0. The summed E-state index contributed by atoms with van der Waals surface area (Å²) in [6, 6.07) is 22.5. The molecule has 0 atom stereocenters. The van der Waals surface area contributed by atoms with E-state index in [1.807, 2.05) is 36.4 Å². The Labute approximate surface area is 182 Å². The predicted octanol–water partition coefficient (Wildman–Crippen LogP) is 4.40. The molecule has 1 N–H and O–H groups in total. The average molecular weight is 411 g/mol. The summed E-state index contributed by atoms with van der Waals surface area (Å²) >= 11 is 0. The second-order valence-corrected chi connectivity index (χ2v) is 8.23. The molecule has 3 heterocycles. The Kier molecular flexibility index (Phi) is 5.04. The van der Waals surface area contributed by atoms with Gasteiger partial charge in [-0.1, -0.05) is 48.5 Å². The minimum atomic E-state index is -0.0247. The molecule has 1 aliphatic heterocycles. The summed E-state index contributed by atoms with van der Waals surface area (Å²) in [5.74, 6) is 0.657. The van der Waals surface area contributed by atoms with E-state index in [-0.39, 0.29) is 5.56 Å². The van der Waals surface area contributed by atoms with Gasteiger partial charge in [-0.05, 0) is 37.6 Å². The number of H-pyrrole nitrogens is 1. The van der Waals surface area contributed by atoms with Crippen molar-refractivity contribution >= 4 is 0 Å². The summed E-state index contributed by atoms with van der Waals surface area (Å²) in [5.41, 5.74) is 7.60. The molecule has 2 aromatic carbocycles. The molecule has 156 valence electrons.